The molecule has 0 bridgehead atoms. The summed E-state index contributed by atoms with van der Waals surface area (Å²) in [4.78, 5) is 2.47. The molecule has 3 aromatic rings. The maximum absolute atomic E-state index is 5.99. The summed E-state index contributed by atoms with van der Waals surface area (Å²) in [6, 6.07) is 14.7. The molecule has 0 radical (unpaired) electrons. The van der Waals surface area contributed by atoms with E-state index in [2.05, 4.69) is 51.0 Å². The lowest BCUT2D eigenvalue weighted by Gasteiger charge is -2.31. The number of piperidine rings is 1. The molecule has 1 atom stereocenters. The van der Waals surface area contributed by atoms with Crippen molar-refractivity contribution in [3.05, 3.63) is 65.4 Å². The minimum absolute atomic E-state index is 0.276. The van der Waals surface area contributed by atoms with Crippen LogP contribution in [0.25, 0.3) is 0 Å². The van der Waals surface area contributed by atoms with Gasteiger partial charge in [-0.1, -0.05) is 42.1 Å². The summed E-state index contributed by atoms with van der Waals surface area (Å²) >= 11 is 1.82. The molecule has 2 saturated heterocycles. The van der Waals surface area contributed by atoms with Crippen LogP contribution in [-0.2, 0) is 35.6 Å². The molecule has 2 fully saturated rings. The van der Waals surface area contributed by atoms with Gasteiger partial charge in [0, 0.05) is 25.4 Å². The van der Waals surface area contributed by atoms with E-state index in [0.717, 1.165) is 93.1 Å². The Morgan fingerprint density at radius 3 is 2.63 bits per heavy atom. The molecule has 7 nitrogen and oxygen atoms in total. The zero-order valence-electron chi connectivity index (χ0n) is 20.6. The van der Waals surface area contributed by atoms with E-state index in [1.54, 1.807) is 7.11 Å². The highest BCUT2D eigenvalue weighted by molar-refractivity contribution is 7.99. The molecule has 2 aliphatic heterocycles. The van der Waals surface area contributed by atoms with Crippen molar-refractivity contribution >= 4 is 11.8 Å². The van der Waals surface area contributed by atoms with Gasteiger partial charge in [0.05, 0.1) is 19.2 Å². The van der Waals surface area contributed by atoms with Crippen LogP contribution in [0, 0.1) is 0 Å². The minimum atomic E-state index is 0.276. The average Bonchev–Trinajstić information content (AvgIpc) is 3.64. The standard InChI is InChI=1S/C27H36N4O3S/c1-32-20-25-10-9-24(34-25)18-30-14-11-22(12-15-30)26-28-29-27(31(26)19-23-8-5-16-33-23)35-17-13-21-6-3-2-4-7-21/h2-4,6-7,9-10,22-23H,5,8,11-20H2,1H3/t23-/m0/s1. The summed E-state index contributed by atoms with van der Waals surface area (Å²) in [6.07, 6.45) is 5.76. The molecule has 0 saturated carbocycles. The second kappa shape index (κ2) is 12.2. The molecule has 1 aromatic carbocycles. The van der Waals surface area contributed by atoms with Crippen LogP contribution in [0.3, 0.4) is 0 Å². The van der Waals surface area contributed by atoms with E-state index in [0.29, 0.717) is 12.5 Å². The minimum Gasteiger partial charge on any atom is -0.462 e. The topological polar surface area (TPSA) is 65.5 Å². The van der Waals surface area contributed by atoms with Crippen LogP contribution in [0.5, 0.6) is 0 Å². The second-order valence-electron chi connectivity index (χ2n) is 9.52. The van der Waals surface area contributed by atoms with Crippen LogP contribution in [-0.4, -0.2) is 58.3 Å². The van der Waals surface area contributed by atoms with Gasteiger partial charge in [-0.15, -0.1) is 10.2 Å². The number of aromatic nitrogens is 3. The fourth-order valence-corrected chi connectivity index (χ4v) is 6.02. The number of hydrogen-bond donors (Lipinski definition) is 0. The summed E-state index contributed by atoms with van der Waals surface area (Å²) < 4.78 is 19.4. The summed E-state index contributed by atoms with van der Waals surface area (Å²) in [6.45, 7) is 5.18. The van der Waals surface area contributed by atoms with Crippen molar-refractivity contribution in [2.45, 2.75) is 69.0 Å². The number of likely N-dealkylation sites (tertiary alicyclic amines) is 1. The van der Waals surface area contributed by atoms with Crippen LogP contribution < -0.4 is 0 Å². The van der Waals surface area contributed by atoms with Gasteiger partial charge < -0.3 is 18.5 Å². The molecule has 4 heterocycles. The van der Waals surface area contributed by atoms with Crippen LogP contribution >= 0.6 is 11.8 Å². The van der Waals surface area contributed by atoms with Crippen molar-refractivity contribution in [2.75, 3.05) is 32.6 Å². The predicted molar refractivity (Wildman–Crippen MR) is 137 cm³/mol. The maximum Gasteiger partial charge on any atom is 0.191 e. The number of thioether (sulfide) groups is 1. The smallest absolute Gasteiger partial charge is 0.191 e. The Morgan fingerprint density at radius 1 is 1.03 bits per heavy atom. The third kappa shape index (κ3) is 6.55. The van der Waals surface area contributed by atoms with Gasteiger partial charge >= 0.3 is 0 Å². The molecule has 0 unspecified atom stereocenters. The number of furan rings is 1. The van der Waals surface area contributed by atoms with E-state index in [1.165, 1.54) is 5.56 Å². The SMILES string of the molecule is COCc1ccc(CN2CCC(c3nnc(SCCc4ccccc4)n3C[C@@H]3CCCO3)CC2)o1. The number of methoxy groups -OCH3 is 1. The largest absolute Gasteiger partial charge is 0.462 e. The third-order valence-electron chi connectivity index (χ3n) is 6.96. The van der Waals surface area contributed by atoms with Crippen molar-refractivity contribution in [1.29, 1.82) is 0 Å². The molecule has 188 valence electrons. The second-order valence-corrected chi connectivity index (χ2v) is 10.6. The van der Waals surface area contributed by atoms with Gasteiger partial charge in [0.1, 0.15) is 24.0 Å². The molecule has 5 rings (SSSR count). The Morgan fingerprint density at radius 2 is 1.86 bits per heavy atom. The van der Waals surface area contributed by atoms with Crippen molar-refractivity contribution in [1.82, 2.24) is 19.7 Å². The molecular weight excluding hydrogens is 460 g/mol. The van der Waals surface area contributed by atoms with Crippen molar-refractivity contribution < 1.29 is 13.9 Å². The van der Waals surface area contributed by atoms with E-state index in [4.69, 9.17) is 19.0 Å². The van der Waals surface area contributed by atoms with Gasteiger partial charge in [0.2, 0.25) is 0 Å². The zero-order valence-corrected chi connectivity index (χ0v) is 21.4. The van der Waals surface area contributed by atoms with E-state index in [1.807, 2.05) is 17.8 Å². The first kappa shape index (κ1) is 24.6. The maximum atomic E-state index is 5.99. The third-order valence-corrected chi connectivity index (χ3v) is 7.92. The molecule has 0 spiro atoms. The highest BCUT2D eigenvalue weighted by Crippen LogP contribution is 2.31. The lowest BCUT2D eigenvalue weighted by molar-refractivity contribution is 0.0930. The highest BCUT2D eigenvalue weighted by atomic mass is 32.2. The Balaban J connectivity index is 1.21. The van der Waals surface area contributed by atoms with Crippen molar-refractivity contribution in [3.8, 4) is 0 Å². The van der Waals surface area contributed by atoms with Gasteiger partial charge in [-0.05, 0) is 62.9 Å². The van der Waals surface area contributed by atoms with Crippen molar-refractivity contribution in [2.24, 2.45) is 0 Å². The van der Waals surface area contributed by atoms with Gasteiger partial charge in [0.25, 0.3) is 0 Å². The highest BCUT2D eigenvalue weighted by Gasteiger charge is 2.28. The average molecular weight is 497 g/mol. The Kier molecular flexibility index (Phi) is 8.57. The van der Waals surface area contributed by atoms with Gasteiger partial charge in [0.15, 0.2) is 5.16 Å². The van der Waals surface area contributed by atoms with Gasteiger partial charge in [-0.25, -0.2) is 0 Å². The summed E-state index contributed by atoms with van der Waals surface area (Å²) in [5, 5.41) is 10.4. The first-order chi connectivity index (χ1) is 17.3. The lowest BCUT2D eigenvalue weighted by atomic mass is 9.95. The molecule has 2 aromatic heterocycles. The monoisotopic (exact) mass is 496 g/mol. The predicted octanol–water partition coefficient (Wildman–Crippen LogP) is 4.91. The number of aryl methyl sites for hydroxylation is 1. The molecule has 0 N–H and O–H groups in total. The number of rotatable bonds is 11. The van der Waals surface area contributed by atoms with Crippen LogP contribution in [0.2, 0.25) is 0 Å². The Bertz CT molecular complexity index is 1040. The summed E-state index contributed by atoms with van der Waals surface area (Å²) in [5.41, 5.74) is 1.36. The molecular formula is C27H36N4O3S. The first-order valence-electron chi connectivity index (χ1n) is 12.8. The van der Waals surface area contributed by atoms with E-state index >= 15 is 0 Å². The molecule has 0 aliphatic carbocycles. The van der Waals surface area contributed by atoms with Gasteiger partial charge in [-0.3, -0.25) is 4.90 Å². The fraction of sp³-hybridized carbons (Fsp3) is 0.556. The zero-order chi connectivity index (χ0) is 23.9. The number of hydrogen-bond acceptors (Lipinski definition) is 7. The molecule has 35 heavy (non-hydrogen) atoms. The van der Waals surface area contributed by atoms with Crippen LogP contribution in [0.15, 0.2) is 52.0 Å². The normalized spacial score (nSPS) is 19.5. The number of nitrogens with zero attached hydrogens (tertiary/aromatic N) is 4. The van der Waals surface area contributed by atoms with E-state index in [-0.39, 0.29) is 6.10 Å². The first-order valence-corrected chi connectivity index (χ1v) is 13.8. The number of benzene rings is 1. The quantitative estimate of drug-likeness (QED) is 0.350. The van der Waals surface area contributed by atoms with E-state index in [9.17, 15) is 0 Å². The molecule has 2 aliphatic rings. The Hall–Kier alpha value is -2.13. The Labute approximate surface area is 212 Å². The lowest BCUT2D eigenvalue weighted by Crippen LogP contribution is -2.33. The van der Waals surface area contributed by atoms with Crippen LogP contribution in [0.4, 0.5) is 0 Å². The van der Waals surface area contributed by atoms with Crippen LogP contribution in [0.1, 0.15) is 54.5 Å². The summed E-state index contributed by atoms with van der Waals surface area (Å²) in [5.74, 6) is 4.47. The summed E-state index contributed by atoms with van der Waals surface area (Å²) in [7, 11) is 1.69. The van der Waals surface area contributed by atoms with Gasteiger partial charge in [-0.2, -0.15) is 0 Å². The fourth-order valence-electron chi connectivity index (χ4n) is 5.07. The van der Waals surface area contributed by atoms with Crippen molar-refractivity contribution in [3.63, 3.8) is 0 Å². The van der Waals surface area contributed by atoms with E-state index < -0.39 is 0 Å². The molecule has 0 amide bonds. The molecule has 8 heteroatoms. The number of ether oxygens (including phenoxy) is 2.